The largest absolute Gasteiger partial charge is 0.481 e. The smallest absolute Gasteiger partial charge is 0.309 e. The van der Waals surface area contributed by atoms with Gasteiger partial charge in [0.2, 0.25) is 0 Å². The molecule has 1 N–H and O–H groups in total. The lowest BCUT2D eigenvalue weighted by Gasteiger charge is -2.20. The molecule has 0 saturated heterocycles. The van der Waals surface area contributed by atoms with Gasteiger partial charge >= 0.3 is 23.9 Å². The maximum absolute atomic E-state index is 11.4. The first-order valence-electron chi connectivity index (χ1n) is 24.5. The van der Waals surface area contributed by atoms with Crippen molar-refractivity contribution in [2.24, 2.45) is 23.7 Å². The maximum atomic E-state index is 11.4. The summed E-state index contributed by atoms with van der Waals surface area (Å²) in [5.74, 6) is 0.00801. The van der Waals surface area contributed by atoms with Gasteiger partial charge in [0.1, 0.15) is 0 Å². The highest BCUT2D eigenvalue weighted by atomic mass is 28.2. The number of ether oxygens (including phenoxy) is 3. The summed E-state index contributed by atoms with van der Waals surface area (Å²) in [5, 5.41) is 8.54. The van der Waals surface area contributed by atoms with Crippen molar-refractivity contribution in [2.45, 2.75) is 233 Å². The van der Waals surface area contributed by atoms with E-state index in [1.54, 1.807) is 0 Å². The molecule has 4 fully saturated rings. The molecule has 4 aliphatic rings. The van der Waals surface area contributed by atoms with Crippen LogP contribution in [0.3, 0.4) is 0 Å². The maximum Gasteiger partial charge on any atom is 0.309 e. The lowest BCUT2D eigenvalue weighted by atomic mass is 9.89. The Morgan fingerprint density at radius 2 is 0.741 bits per heavy atom. The van der Waals surface area contributed by atoms with Crippen LogP contribution in [0.15, 0.2) is 0 Å². The fourth-order valence-electron chi connectivity index (χ4n) is 6.12. The van der Waals surface area contributed by atoms with Gasteiger partial charge in [-0.15, -0.1) is 0 Å². The molecule has 58 heavy (non-hydrogen) atoms. The van der Waals surface area contributed by atoms with Crippen molar-refractivity contribution in [3.8, 4) is 0 Å². The molecule has 0 amide bonds. The van der Waals surface area contributed by atoms with E-state index in [9.17, 15) is 19.2 Å². The summed E-state index contributed by atoms with van der Waals surface area (Å²) in [6.07, 6.45) is 28.0. The molecule has 0 aromatic heterocycles. The van der Waals surface area contributed by atoms with Crippen LogP contribution in [0.2, 0.25) is 24.2 Å². The van der Waals surface area contributed by atoms with E-state index in [2.05, 4.69) is 32.4 Å². The van der Waals surface area contributed by atoms with Crippen molar-refractivity contribution in [3.05, 3.63) is 0 Å². The summed E-state index contributed by atoms with van der Waals surface area (Å²) in [6.45, 7) is 15.1. The fourth-order valence-corrected chi connectivity index (χ4v) is 6.12. The number of methoxy groups -OCH3 is 1. The Bertz CT molecular complexity index is 861. The van der Waals surface area contributed by atoms with Crippen LogP contribution < -0.4 is 0 Å². The minimum atomic E-state index is -0.602. The molecular weight excluding hydrogens is 793 g/mol. The standard InChI is InChI=1S/C10H18O2.C9H16O2.C8H14O2.C7H12O2.4C3H10Si/c1-8(2)12-10(11)9-6-4-3-5-7-9;1-2-11-9(10)8-6-4-3-5-7-8;1-10-8(9)7-5-3-2-4-6-7;8-7(9)6-4-2-1-3-5-6;4*1-2-3-4/h8-9H,3-7H2,1-2H3;8H,2-7H2,1H3;7H,2-6H2,1H3;6H,1-5H2,(H,8,9);4*2-3H2,1,4H3. The van der Waals surface area contributed by atoms with Crippen molar-refractivity contribution < 1.29 is 38.5 Å². The molecule has 0 atom stereocenters. The van der Waals surface area contributed by atoms with E-state index in [-0.39, 0.29) is 47.7 Å². The molecule has 0 spiro atoms. The van der Waals surface area contributed by atoms with E-state index < -0.39 is 5.97 Å². The van der Waals surface area contributed by atoms with Crippen molar-refractivity contribution in [2.75, 3.05) is 13.7 Å². The Morgan fingerprint density at radius 3 is 0.948 bits per heavy atom. The predicted molar refractivity (Wildman–Crippen MR) is 264 cm³/mol. The van der Waals surface area contributed by atoms with Gasteiger partial charge in [0, 0.05) is 41.0 Å². The van der Waals surface area contributed by atoms with Crippen LogP contribution in [0.25, 0.3) is 0 Å². The lowest BCUT2D eigenvalue weighted by Crippen LogP contribution is -2.23. The van der Waals surface area contributed by atoms with Gasteiger partial charge in [-0.05, 0) is 72.1 Å². The van der Waals surface area contributed by atoms with Crippen molar-refractivity contribution in [1.29, 1.82) is 0 Å². The fraction of sp³-hybridized carbons (Fsp3) is 0.913. The molecule has 0 bridgehead atoms. The van der Waals surface area contributed by atoms with E-state index in [4.69, 9.17) is 14.6 Å². The van der Waals surface area contributed by atoms with Gasteiger partial charge in [0.15, 0.2) is 0 Å². The van der Waals surface area contributed by atoms with Gasteiger partial charge in [-0.1, -0.05) is 155 Å². The summed E-state index contributed by atoms with van der Waals surface area (Å²) in [7, 11) is 7.03. The average Bonchev–Trinajstić information content (AvgIpc) is 3.28. The normalized spacial score (nSPS) is 17.0. The number of aliphatic carboxylic acids is 1. The zero-order valence-electron chi connectivity index (χ0n) is 40.7. The molecule has 0 heterocycles. The van der Waals surface area contributed by atoms with Gasteiger partial charge in [0.25, 0.3) is 0 Å². The van der Waals surface area contributed by atoms with Gasteiger partial charge in [0.05, 0.1) is 43.5 Å². The predicted octanol–water partition coefficient (Wildman–Crippen LogP) is 8.76. The van der Waals surface area contributed by atoms with Crippen molar-refractivity contribution >= 4 is 64.8 Å². The highest BCUT2D eigenvalue weighted by Gasteiger charge is 2.24. The highest BCUT2D eigenvalue weighted by molar-refractivity contribution is 6.08. The number of carbonyl (C=O) groups is 4. The van der Waals surface area contributed by atoms with Crippen LogP contribution in [0, 0.1) is 23.7 Å². The topological polar surface area (TPSA) is 116 Å². The van der Waals surface area contributed by atoms with Gasteiger partial charge in [-0.2, -0.15) is 0 Å². The molecule has 0 radical (unpaired) electrons. The van der Waals surface area contributed by atoms with Crippen LogP contribution in [0.4, 0.5) is 0 Å². The van der Waals surface area contributed by atoms with E-state index in [1.807, 2.05) is 20.8 Å². The Kier molecular flexibility index (Phi) is 54.8. The molecule has 4 aliphatic carbocycles. The molecule has 348 valence electrons. The minimum absolute atomic E-state index is 0.0142. The number of esters is 3. The van der Waals surface area contributed by atoms with Crippen LogP contribution in [0.1, 0.15) is 203 Å². The number of hydrogen-bond donors (Lipinski definition) is 1. The zero-order valence-corrected chi connectivity index (χ0v) is 48.7. The number of carboxylic acids is 1. The highest BCUT2D eigenvalue weighted by Crippen LogP contribution is 2.26. The summed E-state index contributed by atoms with van der Waals surface area (Å²) < 4.78 is 14.7. The number of hydrogen-bond acceptors (Lipinski definition) is 7. The molecule has 0 aromatic rings. The third-order valence-corrected chi connectivity index (χ3v) is 14.6. The van der Waals surface area contributed by atoms with Gasteiger partial charge in [-0.3, -0.25) is 19.2 Å². The minimum Gasteiger partial charge on any atom is -0.481 e. The summed E-state index contributed by atoms with van der Waals surface area (Å²) in [4.78, 5) is 43.9. The third kappa shape index (κ3) is 44.3. The molecule has 8 nitrogen and oxygen atoms in total. The monoisotopic (exact) mass is 893 g/mol. The molecular formula is C46H100O8Si4. The van der Waals surface area contributed by atoms with Crippen LogP contribution in [-0.2, 0) is 33.4 Å². The van der Waals surface area contributed by atoms with Gasteiger partial charge < -0.3 is 19.3 Å². The first kappa shape index (κ1) is 63.4. The average molecular weight is 894 g/mol. The third-order valence-electron chi connectivity index (χ3n) is 10.6. The Hall–Kier alpha value is -1.25. The first-order chi connectivity index (χ1) is 27.8. The van der Waals surface area contributed by atoms with E-state index in [0.717, 1.165) is 64.2 Å². The number of carbonyl (C=O) groups excluding carboxylic acids is 3. The summed E-state index contributed by atoms with van der Waals surface area (Å²) >= 11 is 0. The van der Waals surface area contributed by atoms with E-state index in [0.29, 0.717) is 6.61 Å². The molecule has 4 rings (SSSR count). The summed E-state index contributed by atoms with van der Waals surface area (Å²) in [5.41, 5.74) is 0. The van der Waals surface area contributed by atoms with Crippen LogP contribution >= 0.6 is 0 Å². The van der Waals surface area contributed by atoms with Gasteiger partial charge in [-0.25, -0.2) is 0 Å². The Labute approximate surface area is 372 Å². The van der Waals surface area contributed by atoms with Crippen LogP contribution in [0.5, 0.6) is 0 Å². The van der Waals surface area contributed by atoms with E-state index in [1.165, 1.54) is 162 Å². The van der Waals surface area contributed by atoms with E-state index >= 15 is 0 Å². The molecule has 0 aliphatic heterocycles. The molecule has 0 unspecified atom stereocenters. The molecule has 0 aromatic carbocycles. The van der Waals surface area contributed by atoms with Crippen molar-refractivity contribution in [1.82, 2.24) is 0 Å². The first-order valence-corrected chi connectivity index (χ1v) is 30.2. The molecule has 12 heteroatoms. The number of rotatable bonds is 10. The zero-order chi connectivity index (χ0) is 44.8. The quantitative estimate of drug-likeness (QED) is 0.132. The second-order valence-corrected chi connectivity index (χ2v) is 20.4. The van der Waals surface area contributed by atoms with Crippen LogP contribution in [-0.4, -0.2) is 89.8 Å². The lowest BCUT2D eigenvalue weighted by molar-refractivity contribution is -0.153. The second kappa shape index (κ2) is 50.1. The second-order valence-electron chi connectivity index (χ2n) is 16.4. The summed E-state index contributed by atoms with van der Waals surface area (Å²) in [6, 6.07) is 5.83. The Balaban J connectivity index is -0.000000299. The van der Waals surface area contributed by atoms with Crippen molar-refractivity contribution in [3.63, 3.8) is 0 Å². The number of carboxylic acid groups (broad SMARTS) is 1. The Morgan fingerprint density at radius 1 is 0.483 bits per heavy atom. The molecule has 4 saturated carbocycles. The SMILES string of the molecule is CC(C)OC(=O)C1CCCCC1.CCC[SiH3].CCC[SiH3].CCC[SiH3].CCC[SiH3].CCOC(=O)C1CCCCC1.COC(=O)C1CCCCC1.O=C(O)C1CCCCC1.